The maximum Gasteiger partial charge on any atom is 0.336 e. The lowest BCUT2D eigenvalue weighted by Crippen LogP contribution is -2.29. The minimum atomic E-state index is -0.567. The summed E-state index contributed by atoms with van der Waals surface area (Å²) >= 11 is 4.55. The Morgan fingerprint density at radius 2 is 1.59 bits per heavy atom. The predicted octanol–water partition coefficient (Wildman–Crippen LogP) is 7.37. The number of carbonyl (C=O) groups excluding carboxylic acids is 2. The second-order valence-corrected chi connectivity index (χ2v) is 11.8. The number of ether oxygens (including phenoxy) is 2. The highest BCUT2D eigenvalue weighted by Crippen LogP contribution is 2.48. The van der Waals surface area contributed by atoms with Crippen molar-refractivity contribution in [1.29, 1.82) is 0 Å². The largest absolute Gasteiger partial charge is 0.487 e. The van der Waals surface area contributed by atoms with E-state index in [9.17, 15) is 9.59 Å². The van der Waals surface area contributed by atoms with Crippen molar-refractivity contribution < 1.29 is 19.1 Å². The second-order valence-electron chi connectivity index (χ2n) is 9.49. The normalized spacial score (nSPS) is 16.2. The van der Waals surface area contributed by atoms with E-state index in [4.69, 9.17) is 9.47 Å². The van der Waals surface area contributed by atoms with Gasteiger partial charge in [-0.3, -0.25) is 4.79 Å². The van der Waals surface area contributed by atoms with Gasteiger partial charge in [0.05, 0.1) is 25.5 Å². The summed E-state index contributed by atoms with van der Waals surface area (Å²) in [7, 11) is 1.37. The van der Waals surface area contributed by atoms with E-state index in [1.165, 1.54) is 17.9 Å². The fraction of sp³-hybridized carbons (Fsp3) is 0.125. The molecule has 2 aliphatic rings. The van der Waals surface area contributed by atoms with Gasteiger partial charge in [-0.05, 0) is 86.1 Å². The first-order valence-electron chi connectivity index (χ1n) is 12.4. The number of halogens is 2. The van der Waals surface area contributed by atoms with Gasteiger partial charge in [0.2, 0.25) is 0 Å². The first-order valence-corrected chi connectivity index (χ1v) is 14.6. The quantitative estimate of drug-likeness (QED) is 0.171. The average Bonchev–Trinajstić information content (AvgIpc) is 3.22. The monoisotopic (exact) mass is 739 g/mol. The molecule has 6 rings (SSSR count). The van der Waals surface area contributed by atoms with Crippen molar-refractivity contribution in [2.75, 3.05) is 7.11 Å². The molecular formula is C32H23I2NO4. The van der Waals surface area contributed by atoms with Crippen molar-refractivity contribution in [2.45, 2.75) is 19.4 Å². The first-order chi connectivity index (χ1) is 18.9. The number of fused-ring (bicyclic) bond motifs is 3. The molecule has 0 saturated heterocycles. The van der Waals surface area contributed by atoms with Gasteiger partial charge in [0, 0.05) is 28.3 Å². The van der Waals surface area contributed by atoms with E-state index in [-0.39, 0.29) is 5.78 Å². The standard InChI is InChI=1S/C32H23I2NO4/c1-17-26(32(37)38-2)27(28-29(35-17)22-12-5-6-13-23(22)30(28)36)20-14-24(33)31(25(34)15-20)39-16-19-10-7-9-18-8-3-4-11-21(18)19/h3-15,27,35H,16H2,1-2H3/t27-/m0/s1. The van der Waals surface area contributed by atoms with Crippen molar-refractivity contribution in [3.63, 3.8) is 0 Å². The number of hydrogen-bond donors (Lipinski definition) is 1. The molecule has 0 amide bonds. The molecular weight excluding hydrogens is 716 g/mol. The molecule has 4 aromatic carbocycles. The average molecular weight is 739 g/mol. The van der Waals surface area contributed by atoms with Gasteiger partial charge >= 0.3 is 5.97 Å². The lowest BCUT2D eigenvalue weighted by Gasteiger charge is -2.29. The Morgan fingerprint density at radius 3 is 2.33 bits per heavy atom. The summed E-state index contributed by atoms with van der Waals surface area (Å²) in [4.78, 5) is 26.7. The maximum atomic E-state index is 13.7. The van der Waals surface area contributed by atoms with Gasteiger partial charge < -0.3 is 14.8 Å². The van der Waals surface area contributed by atoms with E-state index in [1.54, 1.807) is 0 Å². The van der Waals surface area contributed by atoms with E-state index in [2.05, 4.69) is 74.8 Å². The van der Waals surface area contributed by atoms with Gasteiger partial charge in [0.15, 0.2) is 5.78 Å². The molecule has 194 valence electrons. The molecule has 1 atom stereocenters. The number of dihydropyridines is 1. The Balaban J connectivity index is 1.41. The van der Waals surface area contributed by atoms with Crippen LogP contribution in [0.4, 0.5) is 0 Å². The smallest absolute Gasteiger partial charge is 0.336 e. The number of nitrogens with one attached hydrogen (secondary N) is 1. The Kier molecular flexibility index (Phi) is 6.96. The minimum Gasteiger partial charge on any atom is -0.487 e. The number of carbonyl (C=O) groups is 2. The van der Waals surface area contributed by atoms with Gasteiger partial charge in [-0.15, -0.1) is 0 Å². The predicted molar refractivity (Wildman–Crippen MR) is 168 cm³/mol. The van der Waals surface area contributed by atoms with Crippen molar-refractivity contribution >= 4 is 73.4 Å². The Morgan fingerprint density at radius 1 is 0.923 bits per heavy atom. The molecule has 7 heteroatoms. The molecule has 39 heavy (non-hydrogen) atoms. The number of benzene rings is 4. The van der Waals surface area contributed by atoms with Crippen LogP contribution in [0.3, 0.4) is 0 Å². The zero-order valence-electron chi connectivity index (χ0n) is 21.2. The topological polar surface area (TPSA) is 64.6 Å². The van der Waals surface area contributed by atoms with Gasteiger partial charge in [0.25, 0.3) is 0 Å². The molecule has 0 spiro atoms. The highest BCUT2D eigenvalue weighted by Gasteiger charge is 2.43. The van der Waals surface area contributed by atoms with Crippen LogP contribution in [0, 0.1) is 7.14 Å². The van der Waals surface area contributed by atoms with Crippen molar-refractivity contribution in [3.05, 3.63) is 125 Å². The van der Waals surface area contributed by atoms with Gasteiger partial charge in [-0.1, -0.05) is 66.7 Å². The van der Waals surface area contributed by atoms with Crippen LogP contribution in [0.25, 0.3) is 16.5 Å². The van der Waals surface area contributed by atoms with Crippen LogP contribution < -0.4 is 10.1 Å². The molecule has 0 radical (unpaired) electrons. The highest BCUT2D eigenvalue weighted by atomic mass is 127. The van der Waals surface area contributed by atoms with E-state index in [0.29, 0.717) is 29.0 Å². The number of hydrogen-bond acceptors (Lipinski definition) is 5. The molecule has 5 nitrogen and oxygen atoms in total. The summed E-state index contributed by atoms with van der Waals surface area (Å²) in [6, 6.07) is 26.1. The number of ketones is 1. The SMILES string of the molecule is COC(=O)C1=C(C)NC2=C(C(=O)c3ccccc32)[C@H]1c1cc(I)c(OCc2cccc3ccccc23)c(I)c1. The molecule has 1 heterocycles. The van der Waals surface area contributed by atoms with E-state index >= 15 is 0 Å². The lowest BCUT2D eigenvalue weighted by atomic mass is 9.80. The first kappa shape index (κ1) is 26.1. The zero-order valence-corrected chi connectivity index (χ0v) is 25.5. The third kappa shape index (κ3) is 4.45. The second kappa shape index (κ2) is 10.4. The van der Waals surface area contributed by atoms with Crippen LogP contribution in [0.2, 0.25) is 0 Å². The van der Waals surface area contributed by atoms with Crippen LogP contribution in [0.1, 0.15) is 39.9 Å². The Bertz CT molecular complexity index is 1730. The molecule has 1 aliphatic carbocycles. The minimum absolute atomic E-state index is 0.0756. The Labute approximate surface area is 253 Å². The number of methoxy groups -OCH3 is 1. The molecule has 0 bridgehead atoms. The van der Waals surface area contributed by atoms with Gasteiger partial charge in [-0.2, -0.15) is 0 Å². The van der Waals surface area contributed by atoms with E-state index in [0.717, 1.165) is 35.3 Å². The summed E-state index contributed by atoms with van der Waals surface area (Å²) in [6.45, 7) is 2.28. The third-order valence-corrected chi connectivity index (χ3v) is 8.86. The van der Waals surface area contributed by atoms with Crippen LogP contribution in [0.15, 0.2) is 95.7 Å². The molecule has 4 aromatic rings. The summed E-state index contributed by atoms with van der Waals surface area (Å²) in [5.41, 5.74) is 5.88. The highest BCUT2D eigenvalue weighted by molar-refractivity contribution is 14.1. The molecule has 1 aliphatic heterocycles. The fourth-order valence-electron chi connectivity index (χ4n) is 5.50. The van der Waals surface area contributed by atoms with Crippen molar-refractivity contribution in [3.8, 4) is 5.75 Å². The molecule has 0 fully saturated rings. The molecule has 0 unspecified atom stereocenters. The maximum absolute atomic E-state index is 13.7. The third-order valence-electron chi connectivity index (χ3n) is 7.26. The fourth-order valence-corrected chi connectivity index (χ4v) is 7.62. The van der Waals surface area contributed by atoms with Crippen LogP contribution >= 0.6 is 45.2 Å². The Hall–Kier alpha value is -3.18. The summed E-state index contributed by atoms with van der Waals surface area (Å²) in [5, 5.41) is 5.67. The van der Waals surface area contributed by atoms with Gasteiger partial charge in [0.1, 0.15) is 12.4 Å². The summed E-state index contributed by atoms with van der Waals surface area (Å²) < 4.78 is 13.4. The number of Topliss-reactive ketones (excluding diaryl/α,β-unsaturated/α-hetero) is 1. The van der Waals surface area contributed by atoms with E-state index < -0.39 is 11.9 Å². The van der Waals surface area contributed by atoms with Crippen LogP contribution in [-0.2, 0) is 16.1 Å². The summed E-state index contributed by atoms with van der Waals surface area (Å²) in [6.07, 6.45) is 0. The zero-order chi connectivity index (χ0) is 27.3. The van der Waals surface area contributed by atoms with Crippen molar-refractivity contribution in [2.24, 2.45) is 0 Å². The molecule has 1 N–H and O–H groups in total. The van der Waals surface area contributed by atoms with Gasteiger partial charge in [-0.25, -0.2) is 4.79 Å². The van der Waals surface area contributed by atoms with Crippen LogP contribution in [-0.4, -0.2) is 18.9 Å². The van der Waals surface area contributed by atoms with Crippen molar-refractivity contribution in [1.82, 2.24) is 5.32 Å². The van der Waals surface area contributed by atoms with E-state index in [1.807, 2.05) is 61.5 Å². The lowest BCUT2D eigenvalue weighted by molar-refractivity contribution is -0.136. The number of allylic oxidation sites excluding steroid dienone is 2. The molecule has 0 saturated carbocycles. The number of esters is 1. The molecule has 0 aromatic heterocycles. The van der Waals surface area contributed by atoms with Crippen LogP contribution in [0.5, 0.6) is 5.75 Å². The number of rotatable bonds is 5. The summed E-state index contributed by atoms with van der Waals surface area (Å²) in [5.74, 6) is -0.324.